The van der Waals surface area contributed by atoms with Gasteiger partial charge in [0, 0.05) is 13.1 Å². The summed E-state index contributed by atoms with van der Waals surface area (Å²) in [6, 6.07) is 0. The second-order valence-corrected chi connectivity index (χ2v) is 13.4. The van der Waals surface area contributed by atoms with Crippen molar-refractivity contribution >= 4 is 30.8 Å². The summed E-state index contributed by atoms with van der Waals surface area (Å²) in [4.78, 5) is 19.8. The van der Waals surface area contributed by atoms with E-state index in [1.807, 2.05) is 6.92 Å². The van der Waals surface area contributed by atoms with E-state index in [1.54, 1.807) is 0 Å². The van der Waals surface area contributed by atoms with Gasteiger partial charge in [-0.25, -0.2) is 9.78 Å². The van der Waals surface area contributed by atoms with Gasteiger partial charge in [-0.2, -0.15) is 0 Å². The molecule has 142 valence electrons. The van der Waals surface area contributed by atoms with Crippen molar-refractivity contribution in [1.82, 2.24) is 4.98 Å². The van der Waals surface area contributed by atoms with E-state index in [9.17, 15) is 4.79 Å². The van der Waals surface area contributed by atoms with Gasteiger partial charge in [0.05, 0.1) is 32.1 Å². The number of nitrogens with zero attached hydrogens (tertiary/aromatic N) is 2. The van der Waals surface area contributed by atoms with Crippen molar-refractivity contribution in [3.8, 4) is 0 Å². The zero-order chi connectivity index (χ0) is 18.7. The number of thiazole rings is 1. The van der Waals surface area contributed by atoms with Crippen molar-refractivity contribution in [1.29, 1.82) is 0 Å². The van der Waals surface area contributed by atoms with Crippen LogP contribution in [0.25, 0.3) is 0 Å². The van der Waals surface area contributed by atoms with Crippen LogP contribution in [0.5, 0.6) is 0 Å². The molecular formula is C17H30N2O4SSi. The molecule has 0 spiro atoms. The second-order valence-electron chi connectivity index (χ2n) is 7.64. The molecule has 1 aromatic rings. The molecule has 1 aliphatic rings. The number of carbonyl (C=O) groups is 1. The van der Waals surface area contributed by atoms with E-state index in [-0.39, 0.29) is 11.0 Å². The van der Waals surface area contributed by atoms with E-state index in [0.29, 0.717) is 37.0 Å². The van der Waals surface area contributed by atoms with Gasteiger partial charge in [-0.1, -0.05) is 32.1 Å². The number of aromatic nitrogens is 1. The highest BCUT2D eigenvalue weighted by Crippen LogP contribution is 2.38. The van der Waals surface area contributed by atoms with Crippen LogP contribution in [0.15, 0.2) is 0 Å². The highest BCUT2D eigenvalue weighted by atomic mass is 32.1. The van der Waals surface area contributed by atoms with Crippen LogP contribution >= 0.6 is 11.3 Å². The van der Waals surface area contributed by atoms with E-state index >= 15 is 0 Å². The molecule has 2 rings (SSSR count). The summed E-state index contributed by atoms with van der Waals surface area (Å²) in [7, 11) is -1.92. The van der Waals surface area contributed by atoms with Gasteiger partial charge in [0.1, 0.15) is 4.88 Å². The lowest BCUT2D eigenvalue weighted by molar-refractivity contribution is 0.0528. The van der Waals surface area contributed by atoms with Crippen LogP contribution in [0.2, 0.25) is 18.1 Å². The van der Waals surface area contributed by atoms with Gasteiger partial charge in [-0.05, 0) is 25.1 Å². The quantitative estimate of drug-likeness (QED) is 0.549. The first-order valence-electron chi connectivity index (χ1n) is 8.79. The van der Waals surface area contributed by atoms with E-state index in [2.05, 4.69) is 38.8 Å². The Kier molecular flexibility index (Phi) is 6.64. The molecule has 8 heteroatoms. The first-order chi connectivity index (χ1) is 11.7. The Morgan fingerprint density at radius 2 is 1.96 bits per heavy atom. The molecule has 0 radical (unpaired) electrons. The maximum absolute atomic E-state index is 12.3. The van der Waals surface area contributed by atoms with Crippen LogP contribution in [0.4, 0.5) is 5.13 Å². The Hall–Kier alpha value is -0.963. The average Bonchev–Trinajstić information content (AvgIpc) is 2.97. The molecule has 0 amide bonds. The Bertz CT molecular complexity index is 592. The lowest BCUT2D eigenvalue weighted by Gasteiger charge is -2.36. The molecule has 1 fully saturated rings. The fourth-order valence-corrected chi connectivity index (χ4v) is 4.09. The number of hydrogen-bond donors (Lipinski definition) is 0. The topological polar surface area (TPSA) is 60.9 Å². The largest absolute Gasteiger partial charge is 0.462 e. The summed E-state index contributed by atoms with van der Waals surface area (Å²) >= 11 is 1.39. The molecule has 1 aliphatic heterocycles. The number of anilines is 1. The maximum Gasteiger partial charge on any atom is 0.350 e. The lowest BCUT2D eigenvalue weighted by atomic mass is 10.2. The minimum atomic E-state index is -1.92. The van der Waals surface area contributed by atoms with Crippen LogP contribution in [-0.4, -0.2) is 52.2 Å². The van der Waals surface area contributed by atoms with E-state index in [1.165, 1.54) is 11.3 Å². The maximum atomic E-state index is 12.3. The molecule has 1 saturated heterocycles. The van der Waals surface area contributed by atoms with Crippen molar-refractivity contribution in [2.75, 3.05) is 37.8 Å². The van der Waals surface area contributed by atoms with Crippen molar-refractivity contribution < 1.29 is 18.7 Å². The third-order valence-corrected chi connectivity index (χ3v) is 10.4. The van der Waals surface area contributed by atoms with Gasteiger partial charge in [-0.3, -0.25) is 0 Å². The van der Waals surface area contributed by atoms with Gasteiger partial charge in [-0.15, -0.1) is 0 Å². The van der Waals surface area contributed by atoms with Crippen molar-refractivity contribution in [3.63, 3.8) is 0 Å². The molecule has 0 atom stereocenters. The van der Waals surface area contributed by atoms with Crippen molar-refractivity contribution in [2.45, 2.75) is 52.4 Å². The van der Waals surface area contributed by atoms with Crippen LogP contribution in [0.3, 0.4) is 0 Å². The summed E-state index contributed by atoms with van der Waals surface area (Å²) in [6.45, 7) is 16.5. The molecule has 1 aromatic heterocycles. The highest BCUT2D eigenvalue weighted by molar-refractivity contribution is 7.17. The lowest BCUT2D eigenvalue weighted by Crippen LogP contribution is -2.40. The number of rotatable bonds is 6. The summed E-state index contributed by atoms with van der Waals surface area (Å²) in [6.07, 6.45) is 0. The molecule has 0 aromatic carbocycles. The summed E-state index contributed by atoms with van der Waals surface area (Å²) in [5, 5.41) is 0.959. The zero-order valence-corrected chi connectivity index (χ0v) is 18.0. The predicted molar refractivity (Wildman–Crippen MR) is 103 cm³/mol. The normalized spacial score (nSPS) is 16.2. The van der Waals surface area contributed by atoms with Gasteiger partial charge in [0.2, 0.25) is 0 Å². The van der Waals surface area contributed by atoms with Crippen molar-refractivity contribution in [2.24, 2.45) is 0 Å². The number of hydrogen-bond acceptors (Lipinski definition) is 7. The van der Waals surface area contributed by atoms with E-state index < -0.39 is 8.32 Å². The van der Waals surface area contributed by atoms with Crippen molar-refractivity contribution in [3.05, 3.63) is 10.6 Å². The molecule has 25 heavy (non-hydrogen) atoms. The predicted octanol–water partition coefficient (Wildman–Crippen LogP) is 3.68. The first kappa shape index (κ1) is 20.4. The fourth-order valence-electron chi connectivity index (χ4n) is 2.15. The van der Waals surface area contributed by atoms with Gasteiger partial charge < -0.3 is 18.8 Å². The number of morpholine rings is 1. The van der Waals surface area contributed by atoms with Crippen LogP contribution in [0, 0.1) is 0 Å². The molecular weight excluding hydrogens is 356 g/mol. The minimum absolute atomic E-state index is 0.111. The fraction of sp³-hybridized carbons (Fsp3) is 0.765. The minimum Gasteiger partial charge on any atom is -0.462 e. The summed E-state index contributed by atoms with van der Waals surface area (Å²) in [5.74, 6) is -0.312. The van der Waals surface area contributed by atoms with E-state index in [0.717, 1.165) is 18.2 Å². The molecule has 0 aliphatic carbocycles. The number of esters is 1. The number of carbonyl (C=O) groups excluding carboxylic acids is 1. The van der Waals surface area contributed by atoms with Crippen LogP contribution < -0.4 is 4.90 Å². The first-order valence-corrected chi connectivity index (χ1v) is 12.5. The van der Waals surface area contributed by atoms with Crippen LogP contribution in [-0.2, 0) is 20.5 Å². The SMILES string of the molecule is CCOC(=O)c1sc(N2CCOCC2)nc1CO[Si](C)(C)C(C)(C)C. The Balaban J connectivity index is 2.21. The molecule has 0 bridgehead atoms. The Morgan fingerprint density at radius 3 is 2.52 bits per heavy atom. The summed E-state index contributed by atoms with van der Waals surface area (Å²) < 4.78 is 16.9. The van der Waals surface area contributed by atoms with Gasteiger partial charge in [0.25, 0.3) is 0 Å². The number of ether oxygens (including phenoxy) is 2. The monoisotopic (exact) mass is 386 g/mol. The third kappa shape index (κ3) is 5.03. The Morgan fingerprint density at radius 1 is 1.32 bits per heavy atom. The van der Waals surface area contributed by atoms with Crippen LogP contribution in [0.1, 0.15) is 43.1 Å². The standard InChI is InChI=1S/C17H30N2O4SSi/c1-7-22-15(20)14-13(12-23-25(5,6)17(2,3)4)18-16(24-14)19-8-10-21-11-9-19/h7-12H2,1-6H3. The second kappa shape index (κ2) is 8.16. The summed E-state index contributed by atoms with van der Waals surface area (Å²) in [5.41, 5.74) is 0.690. The molecule has 0 unspecified atom stereocenters. The third-order valence-electron chi connectivity index (χ3n) is 4.80. The zero-order valence-electron chi connectivity index (χ0n) is 16.2. The smallest absolute Gasteiger partial charge is 0.350 e. The van der Waals surface area contributed by atoms with E-state index in [4.69, 9.17) is 18.9 Å². The molecule has 2 heterocycles. The van der Waals surface area contributed by atoms with Gasteiger partial charge in [0.15, 0.2) is 13.4 Å². The molecule has 0 N–H and O–H groups in total. The highest BCUT2D eigenvalue weighted by Gasteiger charge is 2.37. The average molecular weight is 387 g/mol. The molecule has 6 nitrogen and oxygen atoms in total. The molecule has 0 saturated carbocycles. The van der Waals surface area contributed by atoms with Gasteiger partial charge >= 0.3 is 5.97 Å². The Labute approximate surface area is 155 Å².